The molecule has 0 aliphatic carbocycles. The van der Waals surface area contributed by atoms with Crippen molar-refractivity contribution < 1.29 is 4.79 Å². The molecule has 1 aliphatic heterocycles. The van der Waals surface area contributed by atoms with Gasteiger partial charge >= 0.3 is 6.03 Å². The van der Waals surface area contributed by atoms with Crippen LogP contribution in [0.3, 0.4) is 0 Å². The van der Waals surface area contributed by atoms with Crippen molar-refractivity contribution in [3.8, 4) is 0 Å². The molecule has 2 aromatic carbocycles. The molecule has 0 saturated carbocycles. The van der Waals surface area contributed by atoms with Gasteiger partial charge in [0.25, 0.3) is 0 Å². The van der Waals surface area contributed by atoms with Crippen LogP contribution in [0.25, 0.3) is 10.9 Å². The second-order valence-electron chi connectivity index (χ2n) is 6.35. The van der Waals surface area contributed by atoms with Gasteiger partial charge in [-0.3, -0.25) is 0 Å². The van der Waals surface area contributed by atoms with Gasteiger partial charge in [-0.25, -0.2) is 4.79 Å². The van der Waals surface area contributed by atoms with Crippen molar-refractivity contribution in [2.45, 2.75) is 18.8 Å². The van der Waals surface area contributed by atoms with E-state index in [1.807, 2.05) is 35.2 Å². The molecule has 3 aromatic rings. The van der Waals surface area contributed by atoms with E-state index < -0.39 is 0 Å². The Morgan fingerprint density at radius 1 is 1.00 bits per heavy atom. The molecule has 0 atom stereocenters. The fourth-order valence-corrected chi connectivity index (χ4v) is 3.55. The van der Waals surface area contributed by atoms with Crippen LogP contribution in [0.15, 0.2) is 60.8 Å². The molecular formula is C20H21N3O. The lowest BCUT2D eigenvalue weighted by Gasteiger charge is -2.32. The number of aromatic amines is 1. The van der Waals surface area contributed by atoms with E-state index in [2.05, 4.69) is 40.8 Å². The molecule has 0 spiro atoms. The predicted molar refractivity (Wildman–Crippen MR) is 97.3 cm³/mol. The van der Waals surface area contributed by atoms with E-state index in [1.54, 1.807) is 0 Å². The number of carbonyl (C=O) groups excluding carboxylic acids is 1. The zero-order chi connectivity index (χ0) is 16.4. The number of likely N-dealkylation sites (tertiary alicyclic amines) is 1. The van der Waals surface area contributed by atoms with Crippen molar-refractivity contribution in [3.05, 3.63) is 66.4 Å². The summed E-state index contributed by atoms with van der Waals surface area (Å²) in [6.45, 7) is 1.59. The first kappa shape index (κ1) is 14.8. The Bertz CT molecular complexity index is 832. The summed E-state index contributed by atoms with van der Waals surface area (Å²) in [6.07, 6.45) is 4.14. The Morgan fingerprint density at radius 3 is 2.50 bits per heavy atom. The third-order valence-electron chi connectivity index (χ3n) is 4.87. The number of nitrogens with one attached hydrogen (secondary N) is 2. The number of anilines is 1. The molecule has 122 valence electrons. The van der Waals surface area contributed by atoms with Crippen molar-refractivity contribution in [2.75, 3.05) is 18.4 Å². The predicted octanol–water partition coefficient (Wildman–Crippen LogP) is 4.58. The average Bonchev–Trinajstić information content (AvgIpc) is 3.07. The summed E-state index contributed by atoms with van der Waals surface area (Å²) in [5.74, 6) is 0.516. The van der Waals surface area contributed by atoms with Crippen molar-refractivity contribution in [1.29, 1.82) is 0 Å². The Kier molecular flexibility index (Phi) is 3.95. The lowest BCUT2D eigenvalue weighted by Crippen LogP contribution is -2.40. The number of hydrogen-bond acceptors (Lipinski definition) is 1. The molecule has 0 unspecified atom stereocenters. The topological polar surface area (TPSA) is 48.1 Å². The summed E-state index contributed by atoms with van der Waals surface area (Å²) >= 11 is 0. The number of urea groups is 1. The number of nitrogens with zero attached hydrogens (tertiary/aromatic N) is 1. The number of benzene rings is 2. The number of para-hydroxylation sites is 2. The molecule has 2 N–H and O–H groups in total. The average molecular weight is 319 g/mol. The summed E-state index contributed by atoms with van der Waals surface area (Å²) < 4.78 is 0. The van der Waals surface area contributed by atoms with E-state index >= 15 is 0 Å². The van der Waals surface area contributed by atoms with E-state index in [-0.39, 0.29) is 6.03 Å². The number of aromatic nitrogens is 1. The van der Waals surface area contributed by atoms with Gasteiger partial charge in [0.15, 0.2) is 0 Å². The van der Waals surface area contributed by atoms with E-state index in [0.29, 0.717) is 5.92 Å². The maximum atomic E-state index is 12.4. The summed E-state index contributed by atoms with van der Waals surface area (Å²) in [7, 11) is 0. The van der Waals surface area contributed by atoms with Crippen LogP contribution in [0, 0.1) is 0 Å². The van der Waals surface area contributed by atoms with Gasteiger partial charge in [-0.2, -0.15) is 0 Å². The molecule has 1 aliphatic rings. The van der Waals surface area contributed by atoms with Crippen LogP contribution < -0.4 is 5.32 Å². The number of hydrogen-bond donors (Lipinski definition) is 2. The number of H-pyrrole nitrogens is 1. The van der Waals surface area contributed by atoms with Crippen LogP contribution in [-0.2, 0) is 0 Å². The van der Waals surface area contributed by atoms with Gasteiger partial charge in [0, 0.05) is 35.9 Å². The first-order chi connectivity index (χ1) is 11.8. The number of rotatable bonds is 2. The van der Waals surface area contributed by atoms with Gasteiger partial charge in [0.05, 0.1) is 0 Å². The quantitative estimate of drug-likeness (QED) is 0.713. The smallest absolute Gasteiger partial charge is 0.321 e. The van der Waals surface area contributed by atoms with Crippen LogP contribution in [0.4, 0.5) is 10.5 Å². The van der Waals surface area contributed by atoms with Crippen LogP contribution in [-0.4, -0.2) is 29.0 Å². The Balaban J connectivity index is 1.41. The Morgan fingerprint density at radius 2 is 1.71 bits per heavy atom. The normalized spacial score (nSPS) is 15.6. The zero-order valence-corrected chi connectivity index (χ0v) is 13.5. The molecule has 0 radical (unpaired) electrons. The molecule has 4 rings (SSSR count). The maximum absolute atomic E-state index is 12.4. The van der Waals surface area contributed by atoms with Gasteiger partial charge in [-0.1, -0.05) is 36.4 Å². The van der Waals surface area contributed by atoms with Gasteiger partial charge in [-0.15, -0.1) is 0 Å². The fraction of sp³-hybridized carbons (Fsp3) is 0.250. The highest BCUT2D eigenvalue weighted by molar-refractivity contribution is 5.89. The van der Waals surface area contributed by atoms with Gasteiger partial charge in [0.2, 0.25) is 0 Å². The third kappa shape index (κ3) is 2.87. The van der Waals surface area contributed by atoms with E-state index in [1.165, 1.54) is 16.5 Å². The molecule has 2 amide bonds. The van der Waals surface area contributed by atoms with Crippen LogP contribution in [0.1, 0.15) is 24.3 Å². The number of carbonyl (C=O) groups is 1. The minimum atomic E-state index is -0.00132. The molecule has 2 heterocycles. The van der Waals surface area contributed by atoms with E-state index in [0.717, 1.165) is 31.6 Å². The lowest BCUT2D eigenvalue weighted by atomic mass is 9.89. The summed E-state index contributed by atoms with van der Waals surface area (Å²) in [6, 6.07) is 18.1. The Hall–Kier alpha value is -2.75. The van der Waals surface area contributed by atoms with Crippen LogP contribution >= 0.6 is 0 Å². The van der Waals surface area contributed by atoms with Gasteiger partial charge in [-0.05, 0) is 42.5 Å². The van der Waals surface area contributed by atoms with Gasteiger partial charge < -0.3 is 15.2 Å². The van der Waals surface area contributed by atoms with E-state index in [4.69, 9.17) is 0 Å². The zero-order valence-electron chi connectivity index (χ0n) is 13.5. The first-order valence-corrected chi connectivity index (χ1v) is 8.48. The maximum Gasteiger partial charge on any atom is 0.321 e. The standard InChI is InChI=1S/C20H21N3O/c24-20(22-16-6-2-1-3-7-16)23-12-10-15(11-13-23)18-14-21-19-9-5-4-8-17(18)19/h1-9,14-15,21H,10-13H2,(H,22,24). The summed E-state index contributed by atoms with van der Waals surface area (Å²) in [4.78, 5) is 17.7. The highest BCUT2D eigenvalue weighted by Crippen LogP contribution is 2.33. The van der Waals surface area contributed by atoms with Crippen molar-refractivity contribution in [2.24, 2.45) is 0 Å². The summed E-state index contributed by atoms with van der Waals surface area (Å²) in [5.41, 5.74) is 3.42. The fourth-order valence-electron chi connectivity index (χ4n) is 3.55. The number of amides is 2. The monoisotopic (exact) mass is 319 g/mol. The highest BCUT2D eigenvalue weighted by Gasteiger charge is 2.25. The second kappa shape index (κ2) is 6.40. The van der Waals surface area contributed by atoms with Gasteiger partial charge in [0.1, 0.15) is 0 Å². The second-order valence-corrected chi connectivity index (χ2v) is 6.35. The third-order valence-corrected chi connectivity index (χ3v) is 4.87. The molecule has 4 nitrogen and oxygen atoms in total. The largest absolute Gasteiger partial charge is 0.361 e. The minimum absolute atomic E-state index is 0.00132. The van der Waals surface area contributed by atoms with Crippen LogP contribution in [0.2, 0.25) is 0 Å². The number of piperidine rings is 1. The molecule has 1 aromatic heterocycles. The molecule has 1 saturated heterocycles. The molecule has 1 fully saturated rings. The molecule has 4 heteroatoms. The van der Waals surface area contributed by atoms with Crippen molar-refractivity contribution >= 4 is 22.6 Å². The summed E-state index contributed by atoms with van der Waals surface area (Å²) in [5, 5.41) is 4.28. The van der Waals surface area contributed by atoms with Crippen molar-refractivity contribution in [3.63, 3.8) is 0 Å². The minimum Gasteiger partial charge on any atom is -0.361 e. The number of fused-ring (bicyclic) bond motifs is 1. The molecule has 0 bridgehead atoms. The highest BCUT2D eigenvalue weighted by atomic mass is 16.2. The first-order valence-electron chi connectivity index (χ1n) is 8.48. The molecule has 24 heavy (non-hydrogen) atoms. The van der Waals surface area contributed by atoms with Crippen molar-refractivity contribution in [1.82, 2.24) is 9.88 Å². The SMILES string of the molecule is O=C(Nc1ccccc1)N1CCC(c2c[nH]c3ccccc23)CC1. The van der Waals surface area contributed by atoms with Crippen LogP contribution in [0.5, 0.6) is 0 Å². The lowest BCUT2D eigenvalue weighted by molar-refractivity contribution is 0.195. The van der Waals surface area contributed by atoms with E-state index in [9.17, 15) is 4.79 Å². The molecular weight excluding hydrogens is 298 g/mol. The Labute approximate surface area is 141 Å².